The number of aromatic amines is 1. The monoisotopic (exact) mass is 305 g/mol. The standard InChI is InChI=1S/C20H19NO2/c1-11-5-6-15(7-12(11)2)19(22)17-10-21-18-9-14(4)13(3)8-16(18)20(17)23/h5-10H,1-4H3,(H,21,23). The number of fused-ring (bicyclic) bond motifs is 1. The van der Waals surface area contributed by atoms with Crippen LogP contribution in [0.1, 0.15) is 38.2 Å². The van der Waals surface area contributed by atoms with Gasteiger partial charge in [0.1, 0.15) is 0 Å². The largest absolute Gasteiger partial charge is 0.360 e. The summed E-state index contributed by atoms with van der Waals surface area (Å²) in [5.74, 6) is -0.241. The van der Waals surface area contributed by atoms with Gasteiger partial charge in [-0.15, -0.1) is 0 Å². The van der Waals surface area contributed by atoms with Gasteiger partial charge in [0, 0.05) is 22.7 Å². The molecule has 1 aromatic heterocycles. The Balaban J connectivity index is 2.18. The van der Waals surface area contributed by atoms with E-state index in [1.165, 1.54) is 6.20 Å². The minimum atomic E-state index is -0.241. The summed E-state index contributed by atoms with van der Waals surface area (Å²) in [7, 11) is 0. The minimum absolute atomic E-state index is 0.184. The molecule has 3 aromatic rings. The number of aromatic nitrogens is 1. The van der Waals surface area contributed by atoms with Crippen LogP contribution in [0.3, 0.4) is 0 Å². The van der Waals surface area contributed by atoms with Gasteiger partial charge in [-0.2, -0.15) is 0 Å². The molecule has 0 aliphatic heterocycles. The third-order valence-corrected chi connectivity index (χ3v) is 4.51. The Morgan fingerprint density at radius 2 is 1.52 bits per heavy atom. The number of pyridine rings is 1. The molecule has 116 valence electrons. The van der Waals surface area contributed by atoms with Crippen LogP contribution < -0.4 is 5.43 Å². The number of rotatable bonds is 2. The topological polar surface area (TPSA) is 49.9 Å². The summed E-state index contributed by atoms with van der Waals surface area (Å²) in [5.41, 5.74) is 5.59. The van der Waals surface area contributed by atoms with E-state index in [9.17, 15) is 9.59 Å². The van der Waals surface area contributed by atoms with Crippen LogP contribution in [-0.2, 0) is 0 Å². The smallest absolute Gasteiger partial charge is 0.200 e. The molecule has 0 atom stereocenters. The van der Waals surface area contributed by atoms with Crippen LogP contribution in [-0.4, -0.2) is 10.8 Å². The Morgan fingerprint density at radius 1 is 0.870 bits per heavy atom. The van der Waals surface area contributed by atoms with Crippen LogP contribution in [0.2, 0.25) is 0 Å². The molecule has 1 N–H and O–H groups in total. The highest BCUT2D eigenvalue weighted by atomic mass is 16.1. The van der Waals surface area contributed by atoms with Gasteiger partial charge in [0.2, 0.25) is 5.43 Å². The first kappa shape index (κ1) is 15.2. The van der Waals surface area contributed by atoms with Crippen molar-refractivity contribution in [3.05, 3.63) is 80.1 Å². The van der Waals surface area contributed by atoms with Gasteiger partial charge >= 0.3 is 0 Å². The van der Waals surface area contributed by atoms with Crippen molar-refractivity contribution in [1.29, 1.82) is 0 Å². The molecule has 0 saturated carbocycles. The van der Waals surface area contributed by atoms with E-state index >= 15 is 0 Å². The molecule has 0 aliphatic rings. The van der Waals surface area contributed by atoms with Gasteiger partial charge in [0.05, 0.1) is 5.56 Å². The van der Waals surface area contributed by atoms with Gasteiger partial charge in [-0.1, -0.05) is 12.1 Å². The average molecular weight is 305 g/mol. The summed E-state index contributed by atoms with van der Waals surface area (Å²) in [5, 5.41) is 0.558. The Kier molecular flexibility index (Phi) is 3.64. The third kappa shape index (κ3) is 2.59. The number of carbonyl (C=O) groups is 1. The molecule has 0 aliphatic carbocycles. The lowest BCUT2D eigenvalue weighted by molar-refractivity contribution is 0.103. The van der Waals surface area contributed by atoms with Crippen LogP contribution in [0.5, 0.6) is 0 Å². The predicted octanol–water partition coefficient (Wildman–Crippen LogP) is 3.99. The number of ketones is 1. The molecule has 0 fully saturated rings. The predicted molar refractivity (Wildman–Crippen MR) is 93.4 cm³/mol. The van der Waals surface area contributed by atoms with Crippen molar-refractivity contribution in [1.82, 2.24) is 4.98 Å². The Morgan fingerprint density at radius 3 is 2.22 bits per heavy atom. The number of H-pyrrole nitrogens is 1. The lowest BCUT2D eigenvalue weighted by Crippen LogP contribution is -2.17. The second kappa shape index (κ2) is 5.51. The highest BCUT2D eigenvalue weighted by molar-refractivity contribution is 6.10. The molecule has 1 heterocycles. The van der Waals surface area contributed by atoms with Crippen LogP contribution in [0.15, 0.2) is 41.3 Å². The van der Waals surface area contributed by atoms with Crippen molar-refractivity contribution in [2.24, 2.45) is 0 Å². The van der Waals surface area contributed by atoms with Crippen molar-refractivity contribution in [3.63, 3.8) is 0 Å². The number of benzene rings is 2. The number of carbonyl (C=O) groups excluding carboxylic acids is 1. The maximum Gasteiger partial charge on any atom is 0.200 e. The lowest BCUT2D eigenvalue weighted by atomic mass is 9.98. The van der Waals surface area contributed by atoms with Crippen LogP contribution in [0.25, 0.3) is 10.9 Å². The SMILES string of the molecule is Cc1ccc(C(=O)c2c[nH]c3cc(C)c(C)cc3c2=O)cc1C. The molecule has 3 rings (SSSR count). The second-order valence-electron chi connectivity index (χ2n) is 6.14. The highest BCUT2D eigenvalue weighted by Crippen LogP contribution is 2.17. The third-order valence-electron chi connectivity index (χ3n) is 4.51. The van der Waals surface area contributed by atoms with E-state index in [0.29, 0.717) is 10.9 Å². The summed E-state index contributed by atoms with van der Waals surface area (Å²) >= 11 is 0. The van der Waals surface area contributed by atoms with Gasteiger partial charge in [-0.25, -0.2) is 0 Å². The maximum absolute atomic E-state index is 12.7. The summed E-state index contributed by atoms with van der Waals surface area (Å²) in [4.78, 5) is 28.5. The highest BCUT2D eigenvalue weighted by Gasteiger charge is 2.16. The number of hydrogen-bond acceptors (Lipinski definition) is 2. The first-order chi connectivity index (χ1) is 10.9. The fourth-order valence-electron chi connectivity index (χ4n) is 2.69. The summed E-state index contributed by atoms with van der Waals surface area (Å²) in [6.07, 6.45) is 1.52. The van der Waals surface area contributed by atoms with E-state index in [4.69, 9.17) is 0 Å². The fraction of sp³-hybridized carbons (Fsp3) is 0.200. The second-order valence-corrected chi connectivity index (χ2v) is 6.14. The minimum Gasteiger partial charge on any atom is -0.360 e. The van der Waals surface area contributed by atoms with E-state index < -0.39 is 0 Å². The number of hydrogen-bond donors (Lipinski definition) is 1. The maximum atomic E-state index is 12.7. The molecule has 2 aromatic carbocycles. The van der Waals surface area contributed by atoms with E-state index in [0.717, 1.165) is 27.8 Å². The fourth-order valence-corrected chi connectivity index (χ4v) is 2.69. The normalized spacial score (nSPS) is 11.0. The molecule has 0 unspecified atom stereocenters. The molecule has 0 amide bonds. The van der Waals surface area contributed by atoms with Crippen molar-refractivity contribution in [2.45, 2.75) is 27.7 Å². The Bertz CT molecular complexity index is 996. The van der Waals surface area contributed by atoms with E-state index in [1.54, 1.807) is 6.07 Å². The Hall–Kier alpha value is -2.68. The van der Waals surface area contributed by atoms with E-state index in [2.05, 4.69) is 4.98 Å². The number of aryl methyl sites for hydroxylation is 4. The molecule has 3 heteroatoms. The quantitative estimate of drug-likeness (QED) is 0.728. The summed E-state index contributed by atoms with van der Waals surface area (Å²) < 4.78 is 0. The van der Waals surface area contributed by atoms with Crippen molar-refractivity contribution in [2.75, 3.05) is 0 Å². The lowest BCUT2D eigenvalue weighted by Gasteiger charge is -2.07. The van der Waals surface area contributed by atoms with Crippen LogP contribution >= 0.6 is 0 Å². The van der Waals surface area contributed by atoms with Gasteiger partial charge < -0.3 is 4.98 Å². The van der Waals surface area contributed by atoms with E-state index in [-0.39, 0.29) is 16.8 Å². The van der Waals surface area contributed by atoms with Gasteiger partial charge in [0.25, 0.3) is 0 Å². The molecule has 0 saturated heterocycles. The zero-order valence-corrected chi connectivity index (χ0v) is 13.8. The molecule has 23 heavy (non-hydrogen) atoms. The molecular formula is C20H19NO2. The number of nitrogens with one attached hydrogen (secondary N) is 1. The molecular weight excluding hydrogens is 286 g/mol. The van der Waals surface area contributed by atoms with Crippen molar-refractivity contribution >= 4 is 16.7 Å². The zero-order chi connectivity index (χ0) is 16.7. The Labute approximate surface area is 135 Å². The average Bonchev–Trinajstić information content (AvgIpc) is 2.52. The molecule has 0 spiro atoms. The summed E-state index contributed by atoms with van der Waals surface area (Å²) in [6, 6.07) is 9.30. The molecule has 3 nitrogen and oxygen atoms in total. The van der Waals surface area contributed by atoms with Crippen LogP contribution in [0, 0.1) is 27.7 Å². The van der Waals surface area contributed by atoms with Gasteiger partial charge in [0.15, 0.2) is 5.78 Å². The van der Waals surface area contributed by atoms with Gasteiger partial charge in [-0.3, -0.25) is 9.59 Å². The van der Waals surface area contributed by atoms with Gasteiger partial charge in [-0.05, 0) is 68.1 Å². The summed E-state index contributed by atoms with van der Waals surface area (Å²) in [6.45, 7) is 7.92. The molecule has 0 bridgehead atoms. The van der Waals surface area contributed by atoms with E-state index in [1.807, 2.05) is 52.0 Å². The van der Waals surface area contributed by atoms with Crippen LogP contribution in [0.4, 0.5) is 0 Å². The zero-order valence-electron chi connectivity index (χ0n) is 13.8. The van der Waals surface area contributed by atoms with Crippen molar-refractivity contribution < 1.29 is 4.79 Å². The van der Waals surface area contributed by atoms with Crippen molar-refractivity contribution in [3.8, 4) is 0 Å². The first-order valence-corrected chi connectivity index (χ1v) is 7.63. The first-order valence-electron chi connectivity index (χ1n) is 7.63. The molecule has 0 radical (unpaired) electrons.